The number of benzene rings is 1. The lowest BCUT2D eigenvalue weighted by Gasteiger charge is -2.37. The SMILES string of the molecule is c1ccc2c(c1)CC[C@H](N1CCc3nc[nH]c3C1)C2. The summed E-state index contributed by atoms with van der Waals surface area (Å²) >= 11 is 0. The Morgan fingerprint density at radius 2 is 2.05 bits per heavy atom. The molecule has 0 bridgehead atoms. The van der Waals surface area contributed by atoms with Crippen LogP contribution in [-0.4, -0.2) is 27.5 Å². The number of aromatic amines is 1. The minimum Gasteiger partial charge on any atom is -0.347 e. The van der Waals surface area contributed by atoms with Gasteiger partial charge in [0.15, 0.2) is 0 Å². The van der Waals surface area contributed by atoms with Crippen molar-refractivity contribution in [1.29, 1.82) is 0 Å². The Labute approximate surface area is 113 Å². The third kappa shape index (κ3) is 1.98. The molecule has 1 N–H and O–H groups in total. The molecule has 0 unspecified atom stereocenters. The van der Waals surface area contributed by atoms with Crippen LogP contribution in [0.3, 0.4) is 0 Å². The van der Waals surface area contributed by atoms with Crippen LogP contribution >= 0.6 is 0 Å². The number of aryl methyl sites for hydroxylation is 1. The molecule has 4 rings (SSSR count). The zero-order valence-electron chi connectivity index (χ0n) is 11.1. The summed E-state index contributed by atoms with van der Waals surface area (Å²) in [5, 5.41) is 0. The maximum absolute atomic E-state index is 4.39. The molecule has 3 heteroatoms. The molecule has 2 heterocycles. The Bertz CT molecular complexity index is 587. The van der Waals surface area contributed by atoms with Crippen molar-refractivity contribution in [2.75, 3.05) is 6.54 Å². The molecule has 1 aromatic carbocycles. The van der Waals surface area contributed by atoms with E-state index < -0.39 is 0 Å². The van der Waals surface area contributed by atoms with E-state index in [0.717, 1.165) is 19.5 Å². The van der Waals surface area contributed by atoms with E-state index in [4.69, 9.17) is 0 Å². The highest BCUT2D eigenvalue weighted by Gasteiger charge is 2.27. The van der Waals surface area contributed by atoms with Gasteiger partial charge in [0.05, 0.1) is 17.7 Å². The minimum atomic E-state index is 0.700. The van der Waals surface area contributed by atoms with Crippen LogP contribution in [0.5, 0.6) is 0 Å². The molecule has 3 nitrogen and oxygen atoms in total. The van der Waals surface area contributed by atoms with E-state index >= 15 is 0 Å². The van der Waals surface area contributed by atoms with E-state index in [-0.39, 0.29) is 0 Å². The smallest absolute Gasteiger partial charge is 0.0925 e. The van der Waals surface area contributed by atoms with Crippen LogP contribution in [0.15, 0.2) is 30.6 Å². The zero-order chi connectivity index (χ0) is 12.7. The van der Waals surface area contributed by atoms with Gasteiger partial charge in [-0.2, -0.15) is 0 Å². The summed E-state index contributed by atoms with van der Waals surface area (Å²) in [5.41, 5.74) is 5.70. The van der Waals surface area contributed by atoms with Crippen molar-refractivity contribution in [3.8, 4) is 0 Å². The van der Waals surface area contributed by atoms with E-state index in [2.05, 4.69) is 39.1 Å². The van der Waals surface area contributed by atoms with E-state index in [9.17, 15) is 0 Å². The van der Waals surface area contributed by atoms with Gasteiger partial charge in [-0.3, -0.25) is 4.90 Å². The number of H-pyrrole nitrogens is 1. The number of aromatic nitrogens is 2. The van der Waals surface area contributed by atoms with Crippen molar-refractivity contribution >= 4 is 0 Å². The highest BCUT2D eigenvalue weighted by molar-refractivity contribution is 5.30. The van der Waals surface area contributed by atoms with Gasteiger partial charge in [0.2, 0.25) is 0 Å². The monoisotopic (exact) mass is 253 g/mol. The van der Waals surface area contributed by atoms with Crippen molar-refractivity contribution in [3.63, 3.8) is 0 Å². The average Bonchev–Trinajstić information content (AvgIpc) is 2.94. The van der Waals surface area contributed by atoms with E-state index in [1.54, 1.807) is 11.1 Å². The first kappa shape index (κ1) is 11.2. The van der Waals surface area contributed by atoms with E-state index in [1.165, 1.54) is 30.7 Å². The minimum absolute atomic E-state index is 0.700. The second-order valence-corrected chi connectivity index (χ2v) is 5.71. The largest absolute Gasteiger partial charge is 0.347 e. The molecule has 0 fully saturated rings. The number of fused-ring (bicyclic) bond motifs is 2. The van der Waals surface area contributed by atoms with Crippen molar-refractivity contribution in [3.05, 3.63) is 53.1 Å². The van der Waals surface area contributed by atoms with Crippen molar-refractivity contribution in [1.82, 2.24) is 14.9 Å². The van der Waals surface area contributed by atoms with E-state index in [1.807, 2.05) is 6.33 Å². The van der Waals surface area contributed by atoms with Crippen molar-refractivity contribution in [2.45, 2.75) is 38.3 Å². The van der Waals surface area contributed by atoms with Gasteiger partial charge < -0.3 is 4.98 Å². The third-order valence-corrected chi connectivity index (χ3v) is 4.64. The number of imidazole rings is 1. The van der Waals surface area contributed by atoms with Gasteiger partial charge >= 0.3 is 0 Å². The Balaban J connectivity index is 1.53. The fraction of sp³-hybridized carbons (Fsp3) is 0.438. The summed E-state index contributed by atoms with van der Waals surface area (Å²) in [4.78, 5) is 10.3. The zero-order valence-corrected chi connectivity index (χ0v) is 11.1. The fourth-order valence-corrected chi connectivity index (χ4v) is 3.54. The number of hydrogen-bond donors (Lipinski definition) is 1. The summed E-state index contributed by atoms with van der Waals surface area (Å²) in [5.74, 6) is 0. The van der Waals surface area contributed by atoms with Crippen LogP contribution in [0.2, 0.25) is 0 Å². The summed E-state index contributed by atoms with van der Waals surface area (Å²) in [6.45, 7) is 2.20. The highest BCUT2D eigenvalue weighted by Crippen LogP contribution is 2.27. The second-order valence-electron chi connectivity index (χ2n) is 5.71. The second kappa shape index (κ2) is 4.49. The molecule has 98 valence electrons. The lowest BCUT2D eigenvalue weighted by Crippen LogP contribution is -2.42. The van der Waals surface area contributed by atoms with E-state index in [0.29, 0.717) is 6.04 Å². The molecule has 19 heavy (non-hydrogen) atoms. The van der Waals surface area contributed by atoms with Gasteiger partial charge in [-0.05, 0) is 30.4 Å². The predicted octanol–water partition coefficient (Wildman–Crippen LogP) is 2.33. The summed E-state index contributed by atoms with van der Waals surface area (Å²) in [7, 11) is 0. The highest BCUT2D eigenvalue weighted by atomic mass is 15.2. The number of nitrogens with zero attached hydrogens (tertiary/aromatic N) is 2. The standard InChI is InChI=1S/C16H19N3/c1-2-4-13-9-14(6-5-12(13)3-1)19-8-7-15-16(10-19)18-11-17-15/h1-4,11,14H,5-10H2,(H,17,18)/t14-/m0/s1. The quantitative estimate of drug-likeness (QED) is 0.846. The third-order valence-electron chi connectivity index (χ3n) is 4.64. The van der Waals surface area contributed by atoms with Crippen LogP contribution in [0, 0.1) is 0 Å². The first-order valence-electron chi connectivity index (χ1n) is 7.22. The molecule has 2 aliphatic rings. The maximum Gasteiger partial charge on any atom is 0.0925 e. The van der Waals surface area contributed by atoms with Gasteiger partial charge in [0.25, 0.3) is 0 Å². The molecular formula is C16H19N3. The number of nitrogens with one attached hydrogen (secondary N) is 1. The Hall–Kier alpha value is -1.61. The molecular weight excluding hydrogens is 234 g/mol. The fourth-order valence-electron chi connectivity index (χ4n) is 3.54. The summed E-state index contributed by atoms with van der Waals surface area (Å²) in [6.07, 6.45) is 6.66. The Morgan fingerprint density at radius 3 is 3.00 bits per heavy atom. The van der Waals surface area contributed by atoms with Gasteiger partial charge in [0, 0.05) is 25.6 Å². The first-order chi connectivity index (χ1) is 9.40. The summed E-state index contributed by atoms with van der Waals surface area (Å²) in [6, 6.07) is 9.62. The van der Waals surface area contributed by atoms with Crippen LogP contribution in [0.1, 0.15) is 28.9 Å². The molecule has 0 saturated heterocycles. The molecule has 1 aliphatic carbocycles. The predicted molar refractivity (Wildman–Crippen MR) is 75.0 cm³/mol. The first-order valence-corrected chi connectivity index (χ1v) is 7.22. The normalized spacial score (nSPS) is 22.8. The van der Waals surface area contributed by atoms with Gasteiger partial charge in [0.1, 0.15) is 0 Å². The van der Waals surface area contributed by atoms with Gasteiger partial charge in [-0.25, -0.2) is 4.98 Å². The topological polar surface area (TPSA) is 31.9 Å². The molecule has 0 radical (unpaired) electrons. The maximum atomic E-state index is 4.39. The van der Waals surface area contributed by atoms with Crippen molar-refractivity contribution < 1.29 is 0 Å². The van der Waals surface area contributed by atoms with Crippen molar-refractivity contribution in [2.24, 2.45) is 0 Å². The molecule has 0 amide bonds. The summed E-state index contributed by atoms with van der Waals surface area (Å²) < 4.78 is 0. The molecule has 2 aromatic rings. The number of hydrogen-bond acceptors (Lipinski definition) is 2. The number of rotatable bonds is 1. The molecule has 0 saturated carbocycles. The lowest BCUT2D eigenvalue weighted by atomic mass is 9.87. The van der Waals surface area contributed by atoms with Crippen LogP contribution in [0.25, 0.3) is 0 Å². The molecule has 0 spiro atoms. The lowest BCUT2D eigenvalue weighted by molar-refractivity contribution is 0.160. The van der Waals surface area contributed by atoms with Gasteiger partial charge in [-0.1, -0.05) is 24.3 Å². The van der Waals surface area contributed by atoms with Crippen LogP contribution in [0.4, 0.5) is 0 Å². The van der Waals surface area contributed by atoms with Crippen LogP contribution < -0.4 is 0 Å². The van der Waals surface area contributed by atoms with Crippen LogP contribution in [-0.2, 0) is 25.8 Å². The Kier molecular flexibility index (Phi) is 2.66. The average molecular weight is 253 g/mol. The van der Waals surface area contributed by atoms with Gasteiger partial charge in [-0.15, -0.1) is 0 Å². The molecule has 1 aliphatic heterocycles. The molecule has 1 atom stereocenters. The Morgan fingerprint density at radius 1 is 1.16 bits per heavy atom. The molecule has 1 aromatic heterocycles.